The first-order valence-corrected chi connectivity index (χ1v) is 15.2. The van der Waals surface area contributed by atoms with E-state index in [0.717, 1.165) is 22.3 Å². The average molecular weight is 609 g/mol. The molecule has 1 fully saturated rings. The number of urea groups is 1. The Bertz CT molecular complexity index is 1410. The SMILES string of the molecule is Cc1ccccc1CNC(=O)C1N(C(=O)C(O)C(Cc2ccccc2)NC(=O)Nc2c(C)cccc2Cl)CSC1(C)C. The third-order valence-corrected chi connectivity index (χ3v) is 9.19. The number of nitrogens with zero attached hydrogens (tertiary/aromatic N) is 1. The molecule has 1 aliphatic rings. The molecule has 0 aromatic heterocycles. The zero-order valence-corrected chi connectivity index (χ0v) is 25.8. The van der Waals surface area contributed by atoms with Gasteiger partial charge in [-0.25, -0.2) is 4.79 Å². The number of nitrogens with one attached hydrogen (secondary N) is 3. The highest BCUT2D eigenvalue weighted by Gasteiger charge is 2.49. The van der Waals surface area contributed by atoms with Crippen molar-refractivity contribution in [3.8, 4) is 0 Å². The molecule has 1 aliphatic heterocycles. The minimum absolute atomic E-state index is 0.192. The number of aliphatic hydroxyl groups excluding tert-OH is 1. The Morgan fingerprint density at radius 3 is 2.36 bits per heavy atom. The molecule has 3 aromatic carbocycles. The maximum absolute atomic E-state index is 13.8. The molecule has 222 valence electrons. The van der Waals surface area contributed by atoms with Crippen molar-refractivity contribution in [2.45, 2.75) is 63.6 Å². The normalized spacial score (nSPS) is 17.3. The number of aliphatic hydroxyl groups is 1. The van der Waals surface area contributed by atoms with Crippen LogP contribution in [0.5, 0.6) is 0 Å². The highest BCUT2D eigenvalue weighted by molar-refractivity contribution is 8.00. The van der Waals surface area contributed by atoms with E-state index >= 15 is 0 Å². The second-order valence-corrected chi connectivity index (χ2v) is 13.0. The van der Waals surface area contributed by atoms with E-state index in [0.29, 0.717) is 17.3 Å². The Balaban J connectivity index is 1.53. The van der Waals surface area contributed by atoms with E-state index < -0.39 is 34.9 Å². The second-order valence-electron chi connectivity index (χ2n) is 11.0. The lowest BCUT2D eigenvalue weighted by Gasteiger charge is -2.33. The van der Waals surface area contributed by atoms with E-state index in [1.54, 1.807) is 12.1 Å². The lowest BCUT2D eigenvalue weighted by Crippen LogP contribution is -2.59. The number of benzene rings is 3. The highest BCUT2D eigenvalue weighted by atomic mass is 35.5. The van der Waals surface area contributed by atoms with Crippen molar-refractivity contribution >= 4 is 46.9 Å². The van der Waals surface area contributed by atoms with Gasteiger partial charge in [0.15, 0.2) is 6.10 Å². The van der Waals surface area contributed by atoms with Gasteiger partial charge in [-0.05, 0) is 62.4 Å². The number of aryl methyl sites for hydroxylation is 2. The fourth-order valence-electron chi connectivity index (χ4n) is 5.06. The summed E-state index contributed by atoms with van der Waals surface area (Å²) in [4.78, 5) is 41.9. The van der Waals surface area contributed by atoms with Crippen LogP contribution >= 0.6 is 23.4 Å². The summed E-state index contributed by atoms with van der Waals surface area (Å²) in [5, 5.41) is 20.3. The number of anilines is 1. The third kappa shape index (κ3) is 7.45. The molecule has 10 heteroatoms. The van der Waals surface area contributed by atoms with Gasteiger partial charge in [-0.2, -0.15) is 0 Å². The number of hydrogen-bond acceptors (Lipinski definition) is 5. The van der Waals surface area contributed by atoms with Gasteiger partial charge in [0.05, 0.1) is 22.6 Å². The lowest BCUT2D eigenvalue weighted by molar-refractivity contribution is -0.147. The number of rotatable bonds is 9. The zero-order chi connectivity index (χ0) is 30.4. The average Bonchev–Trinajstić information content (AvgIpc) is 3.28. The van der Waals surface area contributed by atoms with Crippen LogP contribution in [0.4, 0.5) is 10.5 Å². The van der Waals surface area contributed by atoms with Crippen LogP contribution in [0.3, 0.4) is 0 Å². The number of para-hydroxylation sites is 1. The molecular weight excluding hydrogens is 572 g/mol. The Morgan fingerprint density at radius 2 is 1.67 bits per heavy atom. The van der Waals surface area contributed by atoms with Crippen LogP contribution in [0.1, 0.15) is 36.1 Å². The predicted molar refractivity (Wildman–Crippen MR) is 168 cm³/mol. The van der Waals surface area contributed by atoms with Crippen molar-refractivity contribution in [2.75, 3.05) is 11.2 Å². The Labute approximate surface area is 256 Å². The minimum atomic E-state index is -1.61. The van der Waals surface area contributed by atoms with Crippen LogP contribution in [0.25, 0.3) is 0 Å². The molecule has 0 radical (unpaired) electrons. The van der Waals surface area contributed by atoms with E-state index in [1.807, 2.05) is 88.4 Å². The lowest BCUT2D eigenvalue weighted by atomic mass is 9.97. The Hall–Kier alpha value is -3.53. The molecule has 42 heavy (non-hydrogen) atoms. The largest absolute Gasteiger partial charge is 0.381 e. The van der Waals surface area contributed by atoms with Crippen LogP contribution in [0, 0.1) is 13.8 Å². The number of amides is 4. The summed E-state index contributed by atoms with van der Waals surface area (Å²) in [6.45, 7) is 7.94. The van der Waals surface area contributed by atoms with Gasteiger partial charge < -0.3 is 26.0 Å². The Kier molecular flexibility index (Phi) is 10.2. The fraction of sp³-hybridized carbons (Fsp3) is 0.344. The van der Waals surface area contributed by atoms with E-state index in [4.69, 9.17) is 11.6 Å². The van der Waals surface area contributed by atoms with E-state index in [-0.39, 0.29) is 18.2 Å². The topological polar surface area (TPSA) is 111 Å². The van der Waals surface area contributed by atoms with Gasteiger partial charge >= 0.3 is 6.03 Å². The van der Waals surface area contributed by atoms with Crippen LogP contribution in [-0.4, -0.2) is 56.7 Å². The van der Waals surface area contributed by atoms with Crippen molar-refractivity contribution < 1.29 is 19.5 Å². The van der Waals surface area contributed by atoms with Crippen molar-refractivity contribution in [3.05, 3.63) is 100 Å². The van der Waals surface area contributed by atoms with Crippen LogP contribution in [0.2, 0.25) is 5.02 Å². The monoisotopic (exact) mass is 608 g/mol. The third-order valence-electron chi connectivity index (χ3n) is 7.50. The fourth-order valence-corrected chi connectivity index (χ4v) is 6.47. The van der Waals surface area contributed by atoms with Crippen molar-refractivity contribution in [3.63, 3.8) is 0 Å². The summed E-state index contributed by atoms with van der Waals surface area (Å²) in [5.41, 5.74) is 4.08. The molecule has 4 amide bonds. The predicted octanol–water partition coefficient (Wildman–Crippen LogP) is 5.05. The van der Waals surface area contributed by atoms with Crippen molar-refractivity contribution in [1.29, 1.82) is 0 Å². The van der Waals surface area contributed by atoms with Gasteiger partial charge in [-0.15, -0.1) is 11.8 Å². The standard InChI is InChI=1S/C32H37ClN4O4S/c1-20-11-8-9-15-23(20)18-34-29(39)28-32(3,4)42-19-37(28)30(40)27(38)25(17-22-13-6-5-7-14-22)35-31(41)36-26-21(2)12-10-16-24(26)33/h5-16,25,27-28,38H,17-19H2,1-4H3,(H,34,39)(H2,35,36,41). The maximum Gasteiger partial charge on any atom is 0.319 e. The van der Waals surface area contributed by atoms with Crippen molar-refractivity contribution in [1.82, 2.24) is 15.5 Å². The van der Waals surface area contributed by atoms with Gasteiger partial charge in [-0.1, -0.05) is 78.3 Å². The summed E-state index contributed by atoms with van der Waals surface area (Å²) in [6.07, 6.45) is -1.42. The van der Waals surface area contributed by atoms with Crippen LogP contribution < -0.4 is 16.0 Å². The molecular formula is C32H37ClN4O4S. The van der Waals surface area contributed by atoms with Gasteiger partial charge in [0.2, 0.25) is 5.91 Å². The summed E-state index contributed by atoms with van der Waals surface area (Å²) in [5.74, 6) is -0.693. The van der Waals surface area contributed by atoms with Gasteiger partial charge in [0, 0.05) is 11.3 Å². The molecule has 0 spiro atoms. The summed E-state index contributed by atoms with van der Waals surface area (Å²) in [7, 11) is 0. The molecule has 3 aromatic rings. The molecule has 1 saturated heterocycles. The van der Waals surface area contributed by atoms with Gasteiger partial charge in [-0.3, -0.25) is 9.59 Å². The molecule has 3 atom stereocenters. The second kappa shape index (κ2) is 13.6. The van der Waals surface area contributed by atoms with Crippen LogP contribution in [0.15, 0.2) is 72.8 Å². The molecule has 0 aliphatic carbocycles. The summed E-state index contributed by atoms with van der Waals surface area (Å²) in [6, 6.07) is 19.9. The van der Waals surface area contributed by atoms with Gasteiger partial charge in [0.25, 0.3) is 5.91 Å². The first kappa shape index (κ1) is 31.4. The van der Waals surface area contributed by atoms with E-state index in [1.165, 1.54) is 16.7 Å². The molecule has 0 saturated carbocycles. The molecule has 4 N–H and O–H groups in total. The first-order valence-electron chi connectivity index (χ1n) is 13.8. The van der Waals surface area contributed by atoms with Crippen LogP contribution in [-0.2, 0) is 22.6 Å². The smallest absolute Gasteiger partial charge is 0.319 e. The van der Waals surface area contributed by atoms with E-state index in [9.17, 15) is 19.5 Å². The quantitative estimate of drug-likeness (QED) is 0.272. The van der Waals surface area contributed by atoms with Crippen molar-refractivity contribution in [2.24, 2.45) is 0 Å². The number of carbonyl (C=O) groups excluding carboxylic acids is 3. The molecule has 3 unspecified atom stereocenters. The number of thioether (sulfide) groups is 1. The summed E-state index contributed by atoms with van der Waals surface area (Å²) >= 11 is 7.76. The molecule has 8 nitrogen and oxygen atoms in total. The number of hydrogen-bond donors (Lipinski definition) is 4. The summed E-state index contributed by atoms with van der Waals surface area (Å²) < 4.78 is -0.591. The maximum atomic E-state index is 13.8. The molecule has 1 heterocycles. The van der Waals surface area contributed by atoms with Gasteiger partial charge in [0.1, 0.15) is 6.04 Å². The number of carbonyl (C=O) groups is 3. The first-order chi connectivity index (χ1) is 20.0. The zero-order valence-electron chi connectivity index (χ0n) is 24.2. The molecule has 0 bridgehead atoms. The number of halogens is 1. The minimum Gasteiger partial charge on any atom is -0.381 e. The molecule has 4 rings (SSSR count). The highest BCUT2D eigenvalue weighted by Crippen LogP contribution is 2.40. The van der Waals surface area contributed by atoms with E-state index in [2.05, 4.69) is 16.0 Å². The Morgan fingerprint density at radius 1 is 1.00 bits per heavy atom.